The van der Waals surface area contributed by atoms with Gasteiger partial charge >= 0.3 is 6.09 Å². The first-order valence-electron chi connectivity index (χ1n) is 5.52. The molecule has 0 fully saturated rings. The molecule has 1 aromatic heterocycles. The summed E-state index contributed by atoms with van der Waals surface area (Å²) in [7, 11) is 4.15. The van der Waals surface area contributed by atoms with Crippen molar-refractivity contribution in [3.63, 3.8) is 0 Å². The third-order valence-electron chi connectivity index (χ3n) is 2.68. The number of anilines is 1. The van der Waals surface area contributed by atoms with E-state index in [-0.39, 0.29) is 15.8 Å². The summed E-state index contributed by atoms with van der Waals surface area (Å²) in [5.74, 6) is 0.584. The maximum Gasteiger partial charge on any atom is 0.412 e. The minimum Gasteiger partial charge on any atom is -0.491 e. The van der Waals surface area contributed by atoms with Crippen molar-refractivity contribution in [2.45, 2.75) is 0 Å². The zero-order valence-electron chi connectivity index (χ0n) is 11.2. The third kappa shape index (κ3) is 2.68. The maximum absolute atomic E-state index is 11.3. The second-order valence-corrected chi connectivity index (χ2v) is 5.91. The largest absolute Gasteiger partial charge is 0.491 e. The van der Waals surface area contributed by atoms with E-state index in [1.54, 1.807) is 0 Å². The molecule has 0 unspecified atom stereocenters. The summed E-state index contributed by atoms with van der Waals surface area (Å²) >= 11 is 20.0. The lowest BCUT2D eigenvalue weighted by Gasteiger charge is -2.12. The van der Waals surface area contributed by atoms with Crippen LogP contribution in [-0.4, -0.2) is 27.4 Å². The van der Waals surface area contributed by atoms with Gasteiger partial charge in [-0.25, -0.2) is 4.79 Å². The number of benzene rings is 1. The molecule has 1 aromatic carbocycles. The predicted molar refractivity (Wildman–Crippen MR) is 86.0 cm³/mol. The number of methoxy groups -OCH3 is 3. The van der Waals surface area contributed by atoms with Gasteiger partial charge in [0.2, 0.25) is 0 Å². The third-order valence-corrected chi connectivity index (χ3v) is 5.13. The fourth-order valence-electron chi connectivity index (χ4n) is 1.77. The molecule has 0 spiro atoms. The summed E-state index contributed by atoms with van der Waals surface area (Å²) in [6.07, 6.45) is -0.644. The molecule has 5 nitrogen and oxygen atoms in total. The van der Waals surface area contributed by atoms with E-state index in [4.69, 9.17) is 44.3 Å². The monoisotopic (exact) mass is 369 g/mol. The lowest BCUT2D eigenvalue weighted by atomic mass is 10.2. The number of carbonyl (C=O) groups excluding carboxylic acids is 1. The van der Waals surface area contributed by atoms with E-state index in [2.05, 4.69) is 10.1 Å². The summed E-state index contributed by atoms with van der Waals surface area (Å²) in [5.41, 5.74) is 0. The van der Waals surface area contributed by atoms with Crippen molar-refractivity contribution < 1.29 is 19.0 Å². The van der Waals surface area contributed by atoms with Gasteiger partial charge in [0.15, 0.2) is 11.5 Å². The molecular formula is C12H10Cl3NO4S. The molecule has 2 rings (SSSR count). The molecule has 0 saturated carbocycles. The van der Waals surface area contributed by atoms with E-state index in [0.29, 0.717) is 25.9 Å². The first-order chi connectivity index (χ1) is 9.96. The van der Waals surface area contributed by atoms with Gasteiger partial charge in [-0.15, -0.1) is 11.3 Å². The van der Waals surface area contributed by atoms with Gasteiger partial charge < -0.3 is 14.2 Å². The molecule has 0 atom stereocenters. The molecule has 0 aliphatic heterocycles. The Bertz CT molecular complexity index is 717. The first-order valence-corrected chi connectivity index (χ1v) is 7.47. The lowest BCUT2D eigenvalue weighted by Crippen LogP contribution is -2.09. The van der Waals surface area contributed by atoms with Crippen LogP contribution in [0.4, 0.5) is 9.80 Å². The van der Waals surface area contributed by atoms with Crippen molar-refractivity contribution in [2.24, 2.45) is 0 Å². The molecule has 9 heteroatoms. The van der Waals surface area contributed by atoms with Crippen LogP contribution in [0.3, 0.4) is 0 Å². The van der Waals surface area contributed by atoms with Crippen molar-refractivity contribution in [3.05, 3.63) is 15.1 Å². The SMILES string of the molecule is COC(=O)Nc1sc2c(Cl)c(OC)c(OC)c(Cl)c2c1Cl. The molecule has 2 aromatic rings. The summed E-state index contributed by atoms with van der Waals surface area (Å²) in [6.45, 7) is 0. The van der Waals surface area contributed by atoms with Gasteiger partial charge in [0, 0.05) is 5.39 Å². The minimum atomic E-state index is -0.644. The first kappa shape index (κ1) is 16.3. The van der Waals surface area contributed by atoms with Gasteiger partial charge in [0.05, 0.1) is 36.1 Å². The Kier molecular flexibility index (Phi) is 4.93. The highest BCUT2D eigenvalue weighted by Gasteiger charge is 2.25. The predicted octanol–water partition coefficient (Wildman–Crippen LogP) is 5.06. The summed E-state index contributed by atoms with van der Waals surface area (Å²) < 4.78 is 15.5. The molecule has 1 heterocycles. The average molecular weight is 371 g/mol. The maximum atomic E-state index is 11.3. The minimum absolute atomic E-state index is 0.257. The summed E-state index contributed by atoms with van der Waals surface area (Å²) in [4.78, 5) is 11.3. The van der Waals surface area contributed by atoms with Crippen LogP contribution in [0.1, 0.15) is 0 Å². The number of amides is 1. The Morgan fingerprint density at radius 2 is 1.57 bits per heavy atom. The molecule has 1 N–H and O–H groups in total. The van der Waals surface area contributed by atoms with E-state index in [1.807, 2.05) is 0 Å². The number of ether oxygens (including phenoxy) is 3. The van der Waals surface area contributed by atoms with Gasteiger partial charge in [-0.3, -0.25) is 5.32 Å². The Morgan fingerprint density at radius 1 is 1.00 bits per heavy atom. The van der Waals surface area contributed by atoms with Crippen LogP contribution in [0.5, 0.6) is 11.5 Å². The second-order valence-electron chi connectivity index (χ2n) is 3.76. The van der Waals surface area contributed by atoms with Crippen LogP contribution in [0.25, 0.3) is 10.1 Å². The zero-order valence-corrected chi connectivity index (χ0v) is 14.3. The Labute approximate surface area is 139 Å². The fourth-order valence-corrected chi connectivity index (χ4v) is 4.02. The number of rotatable bonds is 3. The molecule has 0 aliphatic rings. The van der Waals surface area contributed by atoms with Crippen molar-refractivity contribution in [2.75, 3.05) is 26.6 Å². The Balaban J connectivity index is 2.76. The number of hydrogen-bond acceptors (Lipinski definition) is 5. The topological polar surface area (TPSA) is 56.8 Å². The van der Waals surface area contributed by atoms with Gasteiger partial charge in [-0.1, -0.05) is 34.8 Å². The number of fused-ring (bicyclic) bond motifs is 1. The zero-order chi connectivity index (χ0) is 15.7. The van der Waals surface area contributed by atoms with Crippen LogP contribution < -0.4 is 14.8 Å². The number of thiophene rings is 1. The van der Waals surface area contributed by atoms with Crippen molar-refractivity contribution >= 4 is 67.3 Å². The smallest absolute Gasteiger partial charge is 0.412 e. The Morgan fingerprint density at radius 3 is 2.10 bits per heavy atom. The second kappa shape index (κ2) is 6.36. The van der Waals surface area contributed by atoms with Crippen LogP contribution in [0.2, 0.25) is 15.1 Å². The quantitative estimate of drug-likeness (QED) is 0.820. The highest BCUT2D eigenvalue weighted by molar-refractivity contribution is 7.24. The van der Waals surface area contributed by atoms with Crippen LogP contribution >= 0.6 is 46.1 Å². The molecule has 1 amide bonds. The number of carbonyl (C=O) groups is 1. The molecule has 0 bridgehead atoms. The van der Waals surface area contributed by atoms with Crippen molar-refractivity contribution in [3.8, 4) is 11.5 Å². The Hall–Kier alpha value is -1.08. The molecule has 0 radical (unpaired) electrons. The molecule has 0 aliphatic carbocycles. The van der Waals surface area contributed by atoms with Crippen LogP contribution in [0, 0.1) is 0 Å². The van der Waals surface area contributed by atoms with Crippen molar-refractivity contribution in [1.82, 2.24) is 0 Å². The highest BCUT2D eigenvalue weighted by atomic mass is 35.5. The van der Waals surface area contributed by atoms with Crippen LogP contribution in [-0.2, 0) is 4.74 Å². The van der Waals surface area contributed by atoms with Crippen molar-refractivity contribution in [1.29, 1.82) is 0 Å². The van der Waals surface area contributed by atoms with Gasteiger partial charge in [0.1, 0.15) is 10.0 Å². The van der Waals surface area contributed by atoms with E-state index in [9.17, 15) is 4.79 Å². The molecule has 0 saturated heterocycles. The number of nitrogens with one attached hydrogen (secondary N) is 1. The van der Waals surface area contributed by atoms with E-state index in [0.717, 1.165) is 11.3 Å². The number of halogens is 3. The van der Waals surface area contributed by atoms with Gasteiger partial charge in [-0.2, -0.15) is 0 Å². The summed E-state index contributed by atoms with van der Waals surface area (Å²) in [6, 6.07) is 0. The average Bonchev–Trinajstić information content (AvgIpc) is 2.79. The van der Waals surface area contributed by atoms with Gasteiger partial charge in [-0.05, 0) is 0 Å². The lowest BCUT2D eigenvalue weighted by molar-refractivity contribution is 0.187. The van der Waals surface area contributed by atoms with Crippen LogP contribution in [0.15, 0.2) is 0 Å². The van der Waals surface area contributed by atoms with E-state index >= 15 is 0 Å². The number of hydrogen-bond donors (Lipinski definition) is 1. The van der Waals surface area contributed by atoms with Gasteiger partial charge in [0.25, 0.3) is 0 Å². The fraction of sp³-hybridized carbons (Fsp3) is 0.250. The highest BCUT2D eigenvalue weighted by Crippen LogP contribution is 2.54. The van der Waals surface area contributed by atoms with E-state index in [1.165, 1.54) is 21.3 Å². The molecular weight excluding hydrogens is 361 g/mol. The summed E-state index contributed by atoms with van der Waals surface area (Å²) in [5, 5.41) is 4.18. The normalized spacial score (nSPS) is 10.6. The standard InChI is InChI=1S/C12H10Cl3NO4S/c1-18-8-5(13)4-6(14)11(16-12(17)20-3)21-10(4)7(15)9(8)19-2/h1-3H3,(H,16,17). The molecule has 114 valence electrons. The molecule has 21 heavy (non-hydrogen) atoms. The van der Waals surface area contributed by atoms with E-state index < -0.39 is 6.09 Å².